The van der Waals surface area contributed by atoms with Crippen molar-refractivity contribution >= 4 is 21.6 Å². The van der Waals surface area contributed by atoms with E-state index in [1.54, 1.807) is 19.2 Å². The zero-order valence-electron chi connectivity index (χ0n) is 12.1. The van der Waals surface area contributed by atoms with Crippen molar-refractivity contribution in [3.8, 4) is 11.5 Å². The minimum Gasteiger partial charge on any atom is -0.495 e. The minimum absolute atomic E-state index is 0.00498. The average Bonchev–Trinajstić information content (AvgIpc) is 2.49. The predicted molar refractivity (Wildman–Crippen MR) is 85.7 cm³/mol. The lowest BCUT2D eigenvalue weighted by Crippen LogP contribution is -2.07. The molecular formula is C16H17BrFNO2. The molecule has 0 spiro atoms. The van der Waals surface area contributed by atoms with Crippen LogP contribution >= 0.6 is 15.9 Å². The number of anilines is 1. The van der Waals surface area contributed by atoms with E-state index in [9.17, 15) is 4.39 Å². The van der Waals surface area contributed by atoms with Crippen LogP contribution < -0.4 is 14.8 Å². The normalized spacial score (nSPS) is 11.9. The van der Waals surface area contributed by atoms with Gasteiger partial charge >= 0.3 is 0 Å². The molecular weight excluding hydrogens is 337 g/mol. The standard InChI is InChI=1S/C16H17BrFNO2/c1-10(11-4-7-14(18)16(8-11)21-3)19-12-5-6-13(17)15(9-12)20-2/h4-10,19H,1-3H3. The van der Waals surface area contributed by atoms with Crippen LogP contribution in [-0.2, 0) is 0 Å². The first-order valence-corrected chi connectivity index (χ1v) is 7.28. The van der Waals surface area contributed by atoms with E-state index in [-0.39, 0.29) is 17.6 Å². The summed E-state index contributed by atoms with van der Waals surface area (Å²) >= 11 is 3.42. The molecule has 0 heterocycles. The minimum atomic E-state index is -0.362. The molecule has 112 valence electrons. The smallest absolute Gasteiger partial charge is 0.165 e. The zero-order chi connectivity index (χ0) is 15.4. The lowest BCUT2D eigenvalue weighted by molar-refractivity contribution is 0.385. The summed E-state index contributed by atoms with van der Waals surface area (Å²) in [7, 11) is 3.08. The lowest BCUT2D eigenvalue weighted by Gasteiger charge is -2.17. The van der Waals surface area contributed by atoms with E-state index < -0.39 is 0 Å². The van der Waals surface area contributed by atoms with Crippen LogP contribution in [0.1, 0.15) is 18.5 Å². The van der Waals surface area contributed by atoms with E-state index in [0.29, 0.717) is 0 Å². The summed E-state index contributed by atoms with van der Waals surface area (Å²) in [6.45, 7) is 2.00. The van der Waals surface area contributed by atoms with Crippen LogP contribution in [0.2, 0.25) is 0 Å². The molecule has 0 bridgehead atoms. The van der Waals surface area contributed by atoms with E-state index in [2.05, 4.69) is 21.2 Å². The second kappa shape index (κ2) is 6.80. The maximum Gasteiger partial charge on any atom is 0.165 e. The van der Waals surface area contributed by atoms with E-state index in [4.69, 9.17) is 9.47 Å². The van der Waals surface area contributed by atoms with Gasteiger partial charge in [0.15, 0.2) is 11.6 Å². The van der Waals surface area contributed by atoms with Crippen LogP contribution in [0.3, 0.4) is 0 Å². The highest BCUT2D eigenvalue weighted by Gasteiger charge is 2.10. The molecule has 1 unspecified atom stereocenters. The van der Waals surface area contributed by atoms with Gasteiger partial charge in [0.1, 0.15) is 5.75 Å². The topological polar surface area (TPSA) is 30.5 Å². The molecule has 0 aliphatic heterocycles. The maximum atomic E-state index is 13.4. The molecule has 2 rings (SSSR count). The summed E-state index contributed by atoms with van der Waals surface area (Å²) in [5, 5.41) is 3.35. The summed E-state index contributed by atoms with van der Waals surface area (Å²) < 4.78 is 24.6. The Kier molecular flexibility index (Phi) is 5.07. The quantitative estimate of drug-likeness (QED) is 0.838. The van der Waals surface area contributed by atoms with Gasteiger partial charge in [-0.3, -0.25) is 0 Å². The highest BCUT2D eigenvalue weighted by molar-refractivity contribution is 9.10. The molecule has 5 heteroatoms. The molecule has 2 aromatic rings. The van der Waals surface area contributed by atoms with Gasteiger partial charge in [-0.2, -0.15) is 0 Å². The molecule has 0 saturated heterocycles. The van der Waals surface area contributed by atoms with Gasteiger partial charge < -0.3 is 14.8 Å². The summed E-state index contributed by atoms with van der Waals surface area (Å²) in [6, 6.07) is 10.6. The van der Waals surface area contributed by atoms with Crippen LogP contribution in [0.4, 0.5) is 10.1 Å². The monoisotopic (exact) mass is 353 g/mol. The van der Waals surface area contributed by atoms with Crippen molar-refractivity contribution in [2.45, 2.75) is 13.0 Å². The van der Waals surface area contributed by atoms with E-state index in [1.807, 2.05) is 25.1 Å². The molecule has 1 atom stereocenters. The fourth-order valence-electron chi connectivity index (χ4n) is 2.03. The van der Waals surface area contributed by atoms with Crippen molar-refractivity contribution in [3.05, 3.63) is 52.3 Å². The van der Waals surface area contributed by atoms with Crippen LogP contribution in [-0.4, -0.2) is 14.2 Å². The average molecular weight is 354 g/mol. The Morgan fingerprint density at radius 3 is 2.43 bits per heavy atom. The Morgan fingerprint density at radius 1 is 1.05 bits per heavy atom. The van der Waals surface area contributed by atoms with Crippen LogP contribution in [0.15, 0.2) is 40.9 Å². The molecule has 1 N–H and O–H groups in total. The lowest BCUT2D eigenvalue weighted by atomic mass is 10.1. The highest BCUT2D eigenvalue weighted by Crippen LogP contribution is 2.30. The van der Waals surface area contributed by atoms with Crippen LogP contribution in [0, 0.1) is 5.82 Å². The van der Waals surface area contributed by atoms with Gasteiger partial charge in [-0.05, 0) is 52.7 Å². The molecule has 0 aliphatic carbocycles. The summed E-state index contributed by atoms with van der Waals surface area (Å²) in [4.78, 5) is 0. The van der Waals surface area contributed by atoms with Crippen molar-refractivity contribution in [1.29, 1.82) is 0 Å². The molecule has 2 aromatic carbocycles. The van der Waals surface area contributed by atoms with Crippen LogP contribution in [0.5, 0.6) is 11.5 Å². The van der Waals surface area contributed by atoms with Crippen molar-refractivity contribution in [2.75, 3.05) is 19.5 Å². The van der Waals surface area contributed by atoms with Gasteiger partial charge in [0.05, 0.1) is 18.7 Å². The third kappa shape index (κ3) is 3.67. The van der Waals surface area contributed by atoms with Crippen LogP contribution in [0.25, 0.3) is 0 Å². The van der Waals surface area contributed by atoms with Crippen molar-refractivity contribution in [1.82, 2.24) is 0 Å². The third-order valence-corrected chi connectivity index (χ3v) is 3.86. The van der Waals surface area contributed by atoms with E-state index in [0.717, 1.165) is 21.5 Å². The largest absolute Gasteiger partial charge is 0.495 e. The first-order valence-electron chi connectivity index (χ1n) is 6.48. The number of ether oxygens (including phenoxy) is 2. The number of halogens is 2. The second-order valence-electron chi connectivity index (χ2n) is 4.61. The fourth-order valence-corrected chi connectivity index (χ4v) is 2.44. The van der Waals surface area contributed by atoms with Crippen molar-refractivity contribution in [3.63, 3.8) is 0 Å². The molecule has 3 nitrogen and oxygen atoms in total. The maximum absolute atomic E-state index is 13.4. The van der Waals surface area contributed by atoms with Gasteiger partial charge in [0.25, 0.3) is 0 Å². The first kappa shape index (κ1) is 15.6. The number of rotatable bonds is 5. The number of benzene rings is 2. The van der Waals surface area contributed by atoms with Gasteiger partial charge in [-0.25, -0.2) is 4.39 Å². The van der Waals surface area contributed by atoms with E-state index >= 15 is 0 Å². The number of nitrogens with one attached hydrogen (secondary N) is 1. The van der Waals surface area contributed by atoms with Gasteiger partial charge in [-0.1, -0.05) is 6.07 Å². The third-order valence-electron chi connectivity index (χ3n) is 3.21. The van der Waals surface area contributed by atoms with Gasteiger partial charge in [0.2, 0.25) is 0 Å². The number of methoxy groups -OCH3 is 2. The number of hydrogen-bond donors (Lipinski definition) is 1. The Labute approximate surface area is 132 Å². The Bertz CT molecular complexity index is 634. The summed E-state index contributed by atoms with van der Waals surface area (Å²) in [6.07, 6.45) is 0. The molecule has 0 amide bonds. The van der Waals surface area contributed by atoms with Crippen molar-refractivity contribution in [2.24, 2.45) is 0 Å². The highest BCUT2D eigenvalue weighted by atomic mass is 79.9. The Balaban J connectivity index is 2.19. The molecule has 0 fully saturated rings. The fraction of sp³-hybridized carbons (Fsp3) is 0.250. The van der Waals surface area contributed by atoms with Crippen molar-refractivity contribution < 1.29 is 13.9 Å². The molecule has 0 saturated carbocycles. The van der Waals surface area contributed by atoms with Gasteiger partial charge in [-0.15, -0.1) is 0 Å². The molecule has 0 aromatic heterocycles. The van der Waals surface area contributed by atoms with E-state index in [1.165, 1.54) is 13.2 Å². The van der Waals surface area contributed by atoms with Gasteiger partial charge in [0, 0.05) is 17.8 Å². The molecule has 0 radical (unpaired) electrons. The summed E-state index contributed by atoms with van der Waals surface area (Å²) in [5.74, 6) is 0.636. The Hall–Kier alpha value is -1.75. The summed E-state index contributed by atoms with van der Waals surface area (Å²) in [5.41, 5.74) is 1.86. The number of hydrogen-bond acceptors (Lipinski definition) is 3. The first-order chi connectivity index (χ1) is 10.0. The second-order valence-corrected chi connectivity index (χ2v) is 5.46. The SMILES string of the molecule is COc1cc(C(C)Nc2ccc(Br)c(OC)c2)ccc1F. The zero-order valence-corrected chi connectivity index (χ0v) is 13.7. The Morgan fingerprint density at radius 2 is 1.76 bits per heavy atom. The molecule has 21 heavy (non-hydrogen) atoms. The predicted octanol–water partition coefficient (Wildman–Crippen LogP) is 4.78. The molecule has 0 aliphatic rings.